The van der Waals surface area contributed by atoms with Crippen molar-refractivity contribution in [2.45, 2.75) is 83.5 Å². The molecule has 3 heteroatoms. The maximum atomic E-state index is 12.8. The average Bonchev–Trinajstić information content (AvgIpc) is 3.03. The minimum absolute atomic E-state index is 0.135. The van der Waals surface area contributed by atoms with Crippen molar-refractivity contribution in [3.63, 3.8) is 0 Å². The molecule has 3 unspecified atom stereocenters. The van der Waals surface area contributed by atoms with Crippen LogP contribution in [0.2, 0.25) is 0 Å². The van der Waals surface area contributed by atoms with E-state index in [0.29, 0.717) is 18.1 Å². The fourth-order valence-corrected chi connectivity index (χ4v) is 4.36. The van der Waals surface area contributed by atoms with Crippen LogP contribution in [0.1, 0.15) is 65.7 Å². The number of hydrogen-bond donors (Lipinski definition) is 1. The summed E-state index contributed by atoms with van der Waals surface area (Å²) in [5.41, 5.74) is -0.135. The van der Waals surface area contributed by atoms with Gasteiger partial charge in [-0.2, -0.15) is 0 Å². The van der Waals surface area contributed by atoms with E-state index in [1.54, 1.807) is 0 Å². The van der Waals surface area contributed by atoms with Crippen molar-refractivity contribution in [3.05, 3.63) is 0 Å². The van der Waals surface area contributed by atoms with Crippen molar-refractivity contribution in [1.82, 2.24) is 10.2 Å². The molecule has 1 spiro atoms. The molecule has 0 aromatic heterocycles. The van der Waals surface area contributed by atoms with E-state index in [1.165, 1.54) is 19.3 Å². The molecule has 1 heterocycles. The predicted molar refractivity (Wildman–Crippen MR) is 76.6 cm³/mol. The quantitative estimate of drug-likeness (QED) is 0.850. The summed E-state index contributed by atoms with van der Waals surface area (Å²) in [4.78, 5) is 15.0. The number of amides is 1. The maximum Gasteiger partial charge on any atom is 0.244 e. The van der Waals surface area contributed by atoms with E-state index in [9.17, 15) is 4.79 Å². The zero-order valence-electron chi connectivity index (χ0n) is 12.6. The van der Waals surface area contributed by atoms with Crippen LogP contribution in [0.3, 0.4) is 0 Å². The molecule has 0 aromatic carbocycles. The lowest BCUT2D eigenvalue weighted by atomic mass is 9.79. The second-order valence-corrected chi connectivity index (χ2v) is 7.31. The first-order valence-electron chi connectivity index (χ1n) is 8.16. The van der Waals surface area contributed by atoms with Gasteiger partial charge in [0.05, 0.1) is 11.7 Å². The molecule has 2 saturated carbocycles. The molecule has 0 aromatic rings. The molecule has 1 N–H and O–H groups in total. The highest BCUT2D eigenvalue weighted by atomic mass is 16.2. The van der Waals surface area contributed by atoms with Crippen molar-refractivity contribution in [3.8, 4) is 0 Å². The minimum Gasteiger partial charge on any atom is -0.323 e. The minimum atomic E-state index is -0.135. The highest BCUT2D eigenvalue weighted by Crippen LogP contribution is 2.45. The smallest absolute Gasteiger partial charge is 0.244 e. The van der Waals surface area contributed by atoms with E-state index in [0.717, 1.165) is 37.5 Å². The Morgan fingerprint density at radius 3 is 2.37 bits per heavy atom. The summed E-state index contributed by atoms with van der Waals surface area (Å²) < 4.78 is 0. The molecule has 19 heavy (non-hydrogen) atoms. The van der Waals surface area contributed by atoms with Gasteiger partial charge in [0, 0.05) is 6.04 Å². The zero-order valence-corrected chi connectivity index (χ0v) is 12.6. The predicted octanol–water partition coefficient (Wildman–Crippen LogP) is 2.90. The average molecular weight is 264 g/mol. The van der Waals surface area contributed by atoms with Gasteiger partial charge >= 0.3 is 0 Å². The van der Waals surface area contributed by atoms with Crippen LogP contribution in [0.25, 0.3) is 0 Å². The molecule has 0 bridgehead atoms. The van der Waals surface area contributed by atoms with Crippen LogP contribution in [0.4, 0.5) is 0 Å². The Morgan fingerprint density at radius 1 is 1.21 bits per heavy atom. The van der Waals surface area contributed by atoms with Crippen molar-refractivity contribution in [2.75, 3.05) is 0 Å². The molecule has 1 amide bonds. The third-order valence-corrected chi connectivity index (χ3v) is 5.28. The van der Waals surface area contributed by atoms with Crippen molar-refractivity contribution < 1.29 is 4.79 Å². The monoisotopic (exact) mass is 264 g/mol. The van der Waals surface area contributed by atoms with Gasteiger partial charge in [0.15, 0.2) is 0 Å². The number of rotatable bonds is 3. The maximum absolute atomic E-state index is 12.8. The fourth-order valence-electron chi connectivity index (χ4n) is 4.36. The molecule has 1 saturated heterocycles. The lowest BCUT2D eigenvalue weighted by Crippen LogP contribution is -2.47. The Balaban J connectivity index is 1.78. The van der Waals surface area contributed by atoms with Crippen LogP contribution in [-0.4, -0.2) is 28.6 Å². The van der Waals surface area contributed by atoms with Crippen LogP contribution >= 0.6 is 0 Å². The number of carbonyl (C=O) groups excluding carboxylic acids is 1. The molecule has 2 aliphatic carbocycles. The Bertz CT molecular complexity index is 354. The summed E-state index contributed by atoms with van der Waals surface area (Å²) in [6.07, 6.45) is 8.41. The Morgan fingerprint density at radius 2 is 1.84 bits per heavy atom. The topological polar surface area (TPSA) is 32.3 Å². The van der Waals surface area contributed by atoms with E-state index in [4.69, 9.17) is 0 Å². The first-order chi connectivity index (χ1) is 9.05. The second kappa shape index (κ2) is 4.76. The van der Waals surface area contributed by atoms with Gasteiger partial charge in [-0.1, -0.05) is 27.2 Å². The fraction of sp³-hybridized carbons (Fsp3) is 0.938. The number of nitrogens with zero attached hydrogens (tertiary/aromatic N) is 1. The van der Waals surface area contributed by atoms with Crippen LogP contribution in [-0.2, 0) is 4.79 Å². The molecule has 3 fully saturated rings. The third-order valence-electron chi connectivity index (χ3n) is 5.28. The number of hydrogen-bond acceptors (Lipinski definition) is 2. The lowest BCUT2D eigenvalue weighted by molar-refractivity contribution is -0.134. The highest BCUT2D eigenvalue weighted by molar-refractivity contribution is 5.92. The van der Waals surface area contributed by atoms with Gasteiger partial charge in [0.2, 0.25) is 5.91 Å². The molecule has 3 atom stereocenters. The van der Waals surface area contributed by atoms with E-state index in [-0.39, 0.29) is 5.54 Å². The Hall–Kier alpha value is -0.570. The first kappa shape index (κ1) is 13.4. The van der Waals surface area contributed by atoms with Gasteiger partial charge in [0.1, 0.15) is 0 Å². The molecule has 3 rings (SSSR count). The number of nitrogens with one attached hydrogen (secondary N) is 1. The molecular formula is C16H28N2O. The van der Waals surface area contributed by atoms with Crippen molar-refractivity contribution >= 4 is 5.91 Å². The van der Waals surface area contributed by atoms with Crippen LogP contribution in [0, 0.1) is 11.8 Å². The first-order valence-corrected chi connectivity index (χ1v) is 8.16. The van der Waals surface area contributed by atoms with Crippen LogP contribution in [0.5, 0.6) is 0 Å². The number of carbonyl (C=O) groups is 1. The summed E-state index contributed by atoms with van der Waals surface area (Å²) in [6.45, 7) is 6.91. The second-order valence-electron chi connectivity index (χ2n) is 7.31. The highest BCUT2D eigenvalue weighted by Gasteiger charge is 2.60. The summed E-state index contributed by atoms with van der Waals surface area (Å²) in [5.74, 6) is 1.94. The molecule has 3 aliphatic rings. The summed E-state index contributed by atoms with van der Waals surface area (Å²) in [5, 5.41) is 3.65. The van der Waals surface area contributed by atoms with Gasteiger partial charge in [-0.25, -0.2) is 0 Å². The van der Waals surface area contributed by atoms with Gasteiger partial charge in [-0.3, -0.25) is 10.1 Å². The molecule has 1 aliphatic heterocycles. The summed E-state index contributed by atoms with van der Waals surface area (Å²) in [7, 11) is 0. The largest absolute Gasteiger partial charge is 0.323 e. The lowest BCUT2D eigenvalue weighted by Gasteiger charge is -2.39. The Kier molecular flexibility index (Phi) is 3.36. The molecular weight excluding hydrogens is 236 g/mol. The summed E-state index contributed by atoms with van der Waals surface area (Å²) in [6, 6.07) is 0.482. The Labute approximate surface area is 117 Å². The van der Waals surface area contributed by atoms with E-state index >= 15 is 0 Å². The molecule has 3 nitrogen and oxygen atoms in total. The van der Waals surface area contributed by atoms with Crippen LogP contribution < -0.4 is 5.32 Å². The standard InChI is InChI=1S/C16H28N2O/c1-4-5-14-17-16(6-7-16)15(19)18(14)13-9-11(2)8-12(3)10-13/h11-14,17H,4-10H2,1-3H3. The van der Waals surface area contributed by atoms with Gasteiger partial charge in [0.25, 0.3) is 0 Å². The van der Waals surface area contributed by atoms with E-state index in [2.05, 4.69) is 31.0 Å². The normalized spacial score (nSPS) is 41.0. The third kappa shape index (κ3) is 2.31. The van der Waals surface area contributed by atoms with Gasteiger partial charge < -0.3 is 4.90 Å². The van der Waals surface area contributed by atoms with Gasteiger partial charge in [-0.05, 0) is 50.4 Å². The molecule has 108 valence electrons. The molecule has 0 radical (unpaired) electrons. The van der Waals surface area contributed by atoms with E-state index in [1.807, 2.05) is 0 Å². The zero-order chi connectivity index (χ0) is 13.6. The van der Waals surface area contributed by atoms with Crippen molar-refractivity contribution in [1.29, 1.82) is 0 Å². The van der Waals surface area contributed by atoms with Gasteiger partial charge in [-0.15, -0.1) is 0 Å². The SMILES string of the molecule is CCCC1NC2(CC2)C(=O)N1C1CC(C)CC(C)C1. The van der Waals surface area contributed by atoms with Crippen molar-refractivity contribution in [2.24, 2.45) is 11.8 Å². The van der Waals surface area contributed by atoms with E-state index < -0.39 is 0 Å². The van der Waals surface area contributed by atoms with Crippen LogP contribution in [0.15, 0.2) is 0 Å². The summed E-state index contributed by atoms with van der Waals surface area (Å²) >= 11 is 0.